The van der Waals surface area contributed by atoms with E-state index in [0.717, 1.165) is 57.8 Å². The Kier molecular flexibility index (Phi) is 4.39. The van der Waals surface area contributed by atoms with Crippen molar-refractivity contribution in [3.05, 3.63) is 23.9 Å². The lowest BCUT2D eigenvalue weighted by atomic mass is 9.95. The molecule has 0 spiro atoms. The zero-order valence-corrected chi connectivity index (χ0v) is 12.7. The van der Waals surface area contributed by atoms with Gasteiger partial charge in [0.15, 0.2) is 0 Å². The number of piperazine rings is 1. The number of hydrogen-bond donors (Lipinski definition) is 0. The maximum atomic E-state index is 11.4. The SMILES string of the molecule is CN1CCN(c2ncccc2[C@@H]2CCCCN2C=O)CC1. The van der Waals surface area contributed by atoms with Gasteiger partial charge in [-0.05, 0) is 32.4 Å². The molecule has 1 aromatic heterocycles. The molecule has 2 aliphatic heterocycles. The average Bonchev–Trinajstić information content (AvgIpc) is 2.55. The van der Waals surface area contributed by atoms with Crippen LogP contribution < -0.4 is 4.90 Å². The van der Waals surface area contributed by atoms with Crippen molar-refractivity contribution in [3.63, 3.8) is 0 Å². The van der Waals surface area contributed by atoms with Gasteiger partial charge in [-0.3, -0.25) is 4.79 Å². The summed E-state index contributed by atoms with van der Waals surface area (Å²) in [5, 5.41) is 0. The van der Waals surface area contributed by atoms with E-state index in [1.165, 1.54) is 12.0 Å². The van der Waals surface area contributed by atoms with Crippen LogP contribution in [-0.2, 0) is 4.79 Å². The molecular formula is C16H24N4O. The number of piperidine rings is 1. The predicted octanol–water partition coefficient (Wildman–Crippen LogP) is 1.52. The Hall–Kier alpha value is -1.62. The molecule has 3 heterocycles. The molecule has 0 aliphatic carbocycles. The van der Waals surface area contributed by atoms with Gasteiger partial charge in [-0.2, -0.15) is 0 Å². The number of amides is 1. The molecule has 2 saturated heterocycles. The van der Waals surface area contributed by atoms with Crippen molar-refractivity contribution >= 4 is 12.2 Å². The molecule has 0 unspecified atom stereocenters. The average molecular weight is 288 g/mol. The van der Waals surface area contributed by atoms with Crippen molar-refractivity contribution < 1.29 is 4.79 Å². The Morgan fingerprint density at radius 1 is 1.19 bits per heavy atom. The zero-order valence-electron chi connectivity index (χ0n) is 12.7. The van der Waals surface area contributed by atoms with E-state index in [4.69, 9.17) is 0 Å². The summed E-state index contributed by atoms with van der Waals surface area (Å²) in [5.74, 6) is 1.07. The Morgan fingerprint density at radius 2 is 2.00 bits per heavy atom. The molecule has 3 rings (SSSR count). The highest BCUT2D eigenvalue weighted by Crippen LogP contribution is 2.34. The summed E-state index contributed by atoms with van der Waals surface area (Å²) in [6, 6.07) is 4.33. The van der Waals surface area contributed by atoms with E-state index in [9.17, 15) is 4.79 Å². The van der Waals surface area contributed by atoms with Gasteiger partial charge < -0.3 is 14.7 Å². The summed E-state index contributed by atoms with van der Waals surface area (Å²) in [6.07, 6.45) is 6.21. The second-order valence-electron chi connectivity index (χ2n) is 6.06. The number of aromatic nitrogens is 1. The summed E-state index contributed by atoms with van der Waals surface area (Å²) < 4.78 is 0. The van der Waals surface area contributed by atoms with Crippen LogP contribution in [0.25, 0.3) is 0 Å². The minimum atomic E-state index is 0.194. The van der Waals surface area contributed by atoms with Gasteiger partial charge >= 0.3 is 0 Å². The van der Waals surface area contributed by atoms with Gasteiger partial charge in [-0.25, -0.2) is 4.98 Å². The summed E-state index contributed by atoms with van der Waals surface area (Å²) in [6.45, 7) is 5.02. The molecule has 1 atom stereocenters. The molecule has 0 bridgehead atoms. The lowest BCUT2D eigenvalue weighted by molar-refractivity contribution is -0.121. The molecule has 0 N–H and O–H groups in total. The number of pyridine rings is 1. The molecular weight excluding hydrogens is 264 g/mol. The first-order valence-corrected chi connectivity index (χ1v) is 7.89. The van der Waals surface area contributed by atoms with E-state index in [1.807, 2.05) is 17.2 Å². The van der Waals surface area contributed by atoms with E-state index in [0.29, 0.717) is 0 Å². The number of rotatable bonds is 3. The zero-order chi connectivity index (χ0) is 14.7. The van der Waals surface area contributed by atoms with Gasteiger partial charge in [0, 0.05) is 44.5 Å². The number of carbonyl (C=O) groups excluding carboxylic acids is 1. The summed E-state index contributed by atoms with van der Waals surface area (Å²) in [4.78, 5) is 22.7. The largest absolute Gasteiger partial charge is 0.354 e. The Balaban J connectivity index is 1.86. The number of nitrogens with zero attached hydrogens (tertiary/aromatic N) is 4. The quantitative estimate of drug-likeness (QED) is 0.791. The Labute approximate surface area is 126 Å². The third-order valence-electron chi connectivity index (χ3n) is 4.66. The summed E-state index contributed by atoms with van der Waals surface area (Å²) in [5.41, 5.74) is 1.22. The number of likely N-dealkylation sites (tertiary alicyclic amines) is 1. The fourth-order valence-corrected chi connectivity index (χ4v) is 3.37. The third-order valence-corrected chi connectivity index (χ3v) is 4.66. The van der Waals surface area contributed by atoms with Crippen LogP contribution in [0.15, 0.2) is 18.3 Å². The topological polar surface area (TPSA) is 39.7 Å². The van der Waals surface area contributed by atoms with Crippen molar-refractivity contribution in [3.8, 4) is 0 Å². The number of likely N-dealkylation sites (N-methyl/N-ethyl adjacent to an activating group) is 1. The second-order valence-corrected chi connectivity index (χ2v) is 6.06. The van der Waals surface area contributed by atoms with Crippen LogP contribution in [0, 0.1) is 0 Å². The lowest BCUT2D eigenvalue weighted by Gasteiger charge is -2.38. The molecule has 2 fully saturated rings. The van der Waals surface area contributed by atoms with E-state index in [-0.39, 0.29) is 6.04 Å². The van der Waals surface area contributed by atoms with Gasteiger partial charge in [-0.15, -0.1) is 0 Å². The third kappa shape index (κ3) is 3.02. The van der Waals surface area contributed by atoms with Crippen LogP contribution in [-0.4, -0.2) is 61.0 Å². The maximum Gasteiger partial charge on any atom is 0.210 e. The molecule has 21 heavy (non-hydrogen) atoms. The van der Waals surface area contributed by atoms with Crippen LogP contribution in [0.3, 0.4) is 0 Å². The van der Waals surface area contributed by atoms with Gasteiger partial charge in [0.25, 0.3) is 0 Å². The minimum absolute atomic E-state index is 0.194. The first-order valence-electron chi connectivity index (χ1n) is 7.89. The first kappa shape index (κ1) is 14.3. The van der Waals surface area contributed by atoms with E-state index in [1.54, 1.807) is 0 Å². The minimum Gasteiger partial charge on any atom is -0.354 e. The predicted molar refractivity (Wildman–Crippen MR) is 83.3 cm³/mol. The molecule has 0 radical (unpaired) electrons. The summed E-state index contributed by atoms with van der Waals surface area (Å²) in [7, 11) is 2.16. The smallest absolute Gasteiger partial charge is 0.210 e. The van der Waals surface area contributed by atoms with E-state index < -0.39 is 0 Å². The van der Waals surface area contributed by atoms with Gasteiger partial charge in [0.1, 0.15) is 5.82 Å². The first-order chi connectivity index (χ1) is 10.3. The van der Waals surface area contributed by atoms with Gasteiger partial charge in [0.2, 0.25) is 6.41 Å². The fraction of sp³-hybridized carbons (Fsp3) is 0.625. The molecule has 114 valence electrons. The van der Waals surface area contributed by atoms with Crippen molar-refractivity contribution in [2.24, 2.45) is 0 Å². The maximum absolute atomic E-state index is 11.4. The molecule has 5 heteroatoms. The number of carbonyl (C=O) groups is 1. The van der Waals surface area contributed by atoms with Crippen LogP contribution in [0.2, 0.25) is 0 Å². The van der Waals surface area contributed by atoms with Gasteiger partial charge in [0.05, 0.1) is 6.04 Å². The van der Waals surface area contributed by atoms with Crippen molar-refractivity contribution in [1.82, 2.24) is 14.8 Å². The molecule has 2 aliphatic rings. The summed E-state index contributed by atoms with van der Waals surface area (Å²) >= 11 is 0. The highest BCUT2D eigenvalue weighted by Gasteiger charge is 2.27. The molecule has 5 nitrogen and oxygen atoms in total. The van der Waals surface area contributed by atoms with Crippen molar-refractivity contribution in [2.75, 3.05) is 44.7 Å². The molecule has 1 aromatic rings. The fourth-order valence-electron chi connectivity index (χ4n) is 3.37. The normalized spacial score (nSPS) is 24.1. The van der Waals surface area contributed by atoms with Gasteiger partial charge in [-0.1, -0.05) is 6.07 Å². The van der Waals surface area contributed by atoms with Crippen LogP contribution in [0.1, 0.15) is 30.9 Å². The number of anilines is 1. The lowest BCUT2D eigenvalue weighted by Crippen LogP contribution is -2.45. The monoisotopic (exact) mass is 288 g/mol. The van der Waals surface area contributed by atoms with E-state index >= 15 is 0 Å². The number of hydrogen-bond acceptors (Lipinski definition) is 4. The van der Waals surface area contributed by atoms with Crippen LogP contribution in [0.4, 0.5) is 5.82 Å². The highest BCUT2D eigenvalue weighted by molar-refractivity contribution is 5.54. The standard InChI is InChI=1S/C16H24N4O/c1-18-9-11-19(12-10-18)16-14(5-4-7-17-16)15-6-2-3-8-20(15)13-21/h4-5,7,13,15H,2-3,6,8-12H2,1H3/t15-/m0/s1. The molecule has 1 amide bonds. The van der Waals surface area contributed by atoms with E-state index in [2.05, 4.69) is 27.9 Å². The highest BCUT2D eigenvalue weighted by atomic mass is 16.1. The Bertz CT molecular complexity index is 485. The molecule has 0 aromatic carbocycles. The van der Waals surface area contributed by atoms with Crippen molar-refractivity contribution in [2.45, 2.75) is 25.3 Å². The van der Waals surface area contributed by atoms with Crippen molar-refractivity contribution in [1.29, 1.82) is 0 Å². The van der Waals surface area contributed by atoms with Crippen LogP contribution >= 0.6 is 0 Å². The Morgan fingerprint density at radius 3 is 2.76 bits per heavy atom. The van der Waals surface area contributed by atoms with Crippen LogP contribution in [0.5, 0.6) is 0 Å². The second kappa shape index (κ2) is 6.43. The molecule has 0 saturated carbocycles.